The molecule has 0 aliphatic rings. The van der Waals surface area contributed by atoms with Gasteiger partial charge in [-0.15, -0.1) is 0 Å². The van der Waals surface area contributed by atoms with E-state index in [2.05, 4.69) is 30.3 Å². The van der Waals surface area contributed by atoms with E-state index in [-0.39, 0.29) is 34.5 Å². The third-order valence-corrected chi connectivity index (χ3v) is 6.12. The summed E-state index contributed by atoms with van der Waals surface area (Å²) in [5.41, 5.74) is 1.59. The predicted octanol–water partition coefficient (Wildman–Crippen LogP) is 2.63. The minimum absolute atomic E-state index is 0.120. The largest absolute Gasteiger partial charge is 0.470 e. The number of nitrogens with zero attached hydrogens (tertiary/aromatic N) is 5. The number of fused-ring (bicyclic) bond motifs is 1. The van der Waals surface area contributed by atoms with Crippen LogP contribution in [0.15, 0.2) is 29.7 Å². The number of carbonyl (C=O) groups excluding carboxylic acids is 1. The first-order valence-corrected chi connectivity index (χ1v) is 11.8. The van der Waals surface area contributed by atoms with E-state index >= 15 is 0 Å². The lowest BCUT2D eigenvalue weighted by molar-refractivity contribution is -0.290. The molecule has 0 aliphatic heterocycles. The molecule has 3 heterocycles. The van der Waals surface area contributed by atoms with Crippen molar-refractivity contribution in [1.29, 1.82) is 0 Å². The Morgan fingerprint density at radius 2 is 1.83 bits per heavy atom. The van der Waals surface area contributed by atoms with Crippen LogP contribution in [-0.4, -0.2) is 69.5 Å². The molecule has 0 spiro atoms. The van der Waals surface area contributed by atoms with E-state index in [4.69, 9.17) is 4.84 Å². The zero-order valence-electron chi connectivity index (χ0n) is 18.9. The van der Waals surface area contributed by atoms with Crippen molar-refractivity contribution < 1.29 is 44.7 Å². The lowest BCUT2D eigenvalue weighted by atomic mass is 10.2. The Balaban J connectivity index is 2.05. The Bertz CT molecular complexity index is 1360. The van der Waals surface area contributed by atoms with Crippen molar-refractivity contribution in [3.63, 3.8) is 0 Å². The number of ether oxygens (including phenoxy) is 1. The van der Waals surface area contributed by atoms with Crippen LogP contribution >= 0.6 is 0 Å². The summed E-state index contributed by atoms with van der Waals surface area (Å²) >= 11 is 0. The van der Waals surface area contributed by atoms with Crippen LogP contribution in [0, 0.1) is 0 Å². The van der Waals surface area contributed by atoms with Gasteiger partial charge in [-0.1, -0.05) is 6.92 Å². The Labute approximate surface area is 200 Å². The van der Waals surface area contributed by atoms with E-state index in [1.165, 1.54) is 19.2 Å². The molecule has 0 fully saturated rings. The molecule has 3 aromatic heterocycles. The van der Waals surface area contributed by atoms with Crippen molar-refractivity contribution in [3.05, 3.63) is 30.4 Å². The number of aromatic nitrogens is 5. The third kappa shape index (κ3) is 5.51. The maximum absolute atomic E-state index is 13.1. The fourth-order valence-corrected chi connectivity index (χ4v) is 3.65. The predicted molar refractivity (Wildman–Crippen MR) is 112 cm³/mol. The molecule has 11 nitrogen and oxygen atoms in total. The fourth-order valence-electron chi connectivity index (χ4n) is 2.67. The highest BCUT2D eigenvalue weighted by Crippen LogP contribution is 2.36. The normalized spacial score (nSPS) is 12.8. The minimum atomic E-state index is -5.82. The van der Waals surface area contributed by atoms with E-state index < -0.39 is 45.4 Å². The monoisotopic (exact) mass is 538 g/mol. The SMILES string of the molecule is CCS(=O)(=O)c1nn2c(C(=O)NOC(C)C)ccnc2c1-c1cnc(OCC(F)(F)C(F)(F)F)cn1. The van der Waals surface area contributed by atoms with Crippen LogP contribution in [-0.2, 0) is 14.7 Å². The van der Waals surface area contributed by atoms with Crippen LogP contribution < -0.4 is 10.2 Å². The Kier molecular flexibility index (Phi) is 7.45. The van der Waals surface area contributed by atoms with E-state index in [1.807, 2.05) is 0 Å². The van der Waals surface area contributed by atoms with Gasteiger partial charge in [-0.2, -0.15) is 27.1 Å². The molecule has 0 saturated carbocycles. The topological polar surface area (TPSA) is 138 Å². The summed E-state index contributed by atoms with van der Waals surface area (Å²) < 4.78 is 94.0. The van der Waals surface area contributed by atoms with E-state index in [1.54, 1.807) is 13.8 Å². The van der Waals surface area contributed by atoms with Crippen LogP contribution in [0.2, 0.25) is 0 Å². The van der Waals surface area contributed by atoms with Crippen molar-refractivity contribution >= 4 is 21.4 Å². The molecule has 1 amide bonds. The molecule has 36 heavy (non-hydrogen) atoms. The number of carbonyl (C=O) groups is 1. The molecule has 0 atom stereocenters. The summed E-state index contributed by atoms with van der Waals surface area (Å²) in [6, 6.07) is 1.26. The molecular weight excluding hydrogens is 519 g/mol. The summed E-state index contributed by atoms with van der Waals surface area (Å²) in [6.07, 6.45) is -3.35. The van der Waals surface area contributed by atoms with Gasteiger partial charge in [0.05, 0.1) is 35.5 Å². The Hall–Kier alpha value is -3.47. The van der Waals surface area contributed by atoms with Gasteiger partial charge < -0.3 is 4.74 Å². The number of nitrogens with one attached hydrogen (secondary N) is 1. The first-order chi connectivity index (χ1) is 16.7. The summed E-state index contributed by atoms with van der Waals surface area (Å²) in [6.45, 7) is 2.65. The van der Waals surface area contributed by atoms with E-state index in [0.717, 1.165) is 16.9 Å². The molecule has 0 bridgehead atoms. The number of halogens is 5. The van der Waals surface area contributed by atoms with Crippen molar-refractivity contribution in [2.45, 2.75) is 44.0 Å². The van der Waals surface area contributed by atoms with Crippen molar-refractivity contribution in [1.82, 2.24) is 30.0 Å². The van der Waals surface area contributed by atoms with Gasteiger partial charge in [-0.3, -0.25) is 9.63 Å². The Morgan fingerprint density at radius 1 is 1.14 bits per heavy atom. The van der Waals surface area contributed by atoms with Crippen LogP contribution in [0.5, 0.6) is 5.88 Å². The highest BCUT2D eigenvalue weighted by Gasteiger charge is 2.58. The average molecular weight is 538 g/mol. The average Bonchev–Trinajstić information content (AvgIpc) is 3.21. The number of sulfone groups is 1. The van der Waals surface area contributed by atoms with Gasteiger partial charge in [0.2, 0.25) is 5.88 Å². The number of alkyl halides is 5. The number of amides is 1. The first-order valence-electron chi connectivity index (χ1n) is 10.1. The van der Waals surface area contributed by atoms with Crippen LogP contribution in [0.1, 0.15) is 31.3 Å². The molecule has 3 aromatic rings. The Morgan fingerprint density at radius 3 is 2.39 bits per heavy atom. The molecule has 1 N–H and O–H groups in total. The van der Waals surface area contributed by atoms with Gasteiger partial charge in [0.25, 0.3) is 5.91 Å². The van der Waals surface area contributed by atoms with E-state index in [9.17, 15) is 35.2 Å². The summed E-state index contributed by atoms with van der Waals surface area (Å²) in [5, 5.41) is 3.52. The first kappa shape index (κ1) is 27.1. The van der Waals surface area contributed by atoms with Crippen LogP contribution in [0.25, 0.3) is 16.9 Å². The third-order valence-electron chi connectivity index (χ3n) is 4.48. The molecule has 0 saturated heterocycles. The minimum Gasteiger partial charge on any atom is -0.470 e. The smallest absolute Gasteiger partial charge is 0.456 e. The highest BCUT2D eigenvalue weighted by molar-refractivity contribution is 7.91. The maximum atomic E-state index is 13.1. The van der Waals surface area contributed by atoms with Crippen molar-refractivity contribution in [2.24, 2.45) is 0 Å². The zero-order chi connectivity index (χ0) is 26.9. The summed E-state index contributed by atoms with van der Waals surface area (Å²) in [4.78, 5) is 29.2. The molecule has 0 aromatic carbocycles. The zero-order valence-corrected chi connectivity index (χ0v) is 19.7. The van der Waals surface area contributed by atoms with Gasteiger partial charge >= 0.3 is 12.1 Å². The lowest BCUT2D eigenvalue weighted by Crippen LogP contribution is -2.41. The quantitative estimate of drug-likeness (QED) is 0.322. The molecule has 0 radical (unpaired) electrons. The number of hydrogen-bond donors (Lipinski definition) is 1. The number of hydroxylamine groups is 1. The molecule has 196 valence electrons. The van der Waals surface area contributed by atoms with Gasteiger partial charge in [-0.05, 0) is 19.9 Å². The number of rotatable bonds is 9. The second kappa shape index (κ2) is 9.88. The van der Waals surface area contributed by atoms with Gasteiger partial charge in [0.1, 0.15) is 5.69 Å². The molecular formula is C19H19F5N6O5S. The highest BCUT2D eigenvalue weighted by atomic mass is 32.2. The van der Waals surface area contributed by atoms with E-state index in [0.29, 0.717) is 0 Å². The molecule has 0 unspecified atom stereocenters. The fraction of sp³-hybridized carbons (Fsp3) is 0.421. The van der Waals surface area contributed by atoms with Gasteiger partial charge in [-0.25, -0.2) is 33.4 Å². The maximum Gasteiger partial charge on any atom is 0.456 e. The molecule has 3 rings (SSSR count). The van der Waals surface area contributed by atoms with Crippen LogP contribution in [0.3, 0.4) is 0 Å². The summed E-state index contributed by atoms with van der Waals surface area (Å²) in [7, 11) is -4.02. The van der Waals surface area contributed by atoms with Gasteiger partial charge in [0.15, 0.2) is 27.1 Å². The molecule has 0 aliphatic carbocycles. The van der Waals surface area contributed by atoms with Crippen molar-refractivity contribution in [3.8, 4) is 17.1 Å². The van der Waals surface area contributed by atoms with Gasteiger partial charge in [0, 0.05) is 6.20 Å². The number of hydrogen-bond acceptors (Lipinski definition) is 9. The standard InChI is InChI=1S/C19H19F5N6O5S/c1-4-36(32,33)17-14(11-7-27-13(8-26-11)34-9-18(20,21)19(22,23)24)15-25-6-5-12(30(15)28-17)16(31)29-35-10(2)3/h5-8,10H,4,9H2,1-3H3,(H,29,31). The second-order valence-electron chi connectivity index (χ2n) is 7.48. The second-order valence-corrected chi connectivity index (χ2v) is 9.67. The van der Waals surface area contributed by atoms with Crippen LogP contribution in [0.4, 0.5) is 22.0 Å². The van der Waals surface area contributed by atoms with Crippen molar-refractivity contribution in [2.75, 3.05) is 12.4 Å². The summed E-state index contributed by atoms with van der Waals surface area (Å²) in [5.74, 6) is -6.94. The molecule has 17 heteroatoms. The lowest BCUT2D eigenvalue weighted by Gasteiger charge is -2.19.